The molecule has 9 heteroatoms. The maximum atomic E-state index is 13.7. The van der Waals surface area contributed by atoms with Crippen molar-refractivity contribution >= 4 is 28.7 Å². The molecule has 0 unspecified atom stereocenters. The Balaban J connectivity index is 2.14. The highest BCUT2D eigenvalue weighted by molar-refractivity contribution is 5.89. The fraction of sp³-hybridized carbons (Fsp3) is 0.360. The number of aryl methyl sites for hydroxylation is 1. The second-order valence-corrected chi connectivity index (χ2v) is 8.98. The molecule has 1 atom stereocenters. The van der Waals surface area contributed by atoms with E-state index in [1.807, 2.05) is 26.0 Å². The van der Waals surface area contributed by atoms with E-state index < -0.39 is 17.7 Å². The van der Waals surface area contributed by atoms with Gasteiger partial charge in [0, 0.05) is 12.2 Å². The normalized spacial score (nSPS) is 12.2. The number of urea groups is 1. The minimum Gasteiger partial charge on any atom is -0.444 e. The Kier molecular flexibility index (Phi) is 7.24. The molecular formula is C25H31N5O4. The van der Waals surface area contributed by atoms with Crippen molar-refractivity contribution in [3.63, 3.8) is 0 Å². The molecule has 0 saturated heterocycles. The first kappa shape index (κ1) is 24.8. The minimum atomic E-state index is -0.670. The lowest BCUT2D eigenvalue weighted by molar-refractivity contribution is 0.0505. The van der Waals surface area contributed by atoms with Crippen LogP contribution in [0.4, 0.5) is 15.3 Å². The minimum absolute atomic E-state index is 0.272. The van der Waals surface area contributed by atoms with Crippen LogP contribution in [0.2, 0.25) is 0 Å². The molecule has 2 aromatic carbocycles. The molecule has 3 amide bonds. The van der Waals surface area contributed by atoms with Crippen molar-refractivity contribution in [1.82, 2.24) is 20.2 Å². The van der Waals surface area contributed by atoms with Crippen LogP contribution in [0.15, 0.2) is 47.3 Å². The summed E-state index contributed by atoms with van der Waals surface area (Å²) in [5.41, 5.74) is 1.40. The first-order chi connectivity index (χ1) is 16.0. The van der Waals surface area contributed by atoms with Gasteiger partial charge in [-0.3, -0.25) is 9.36 Å². The highest BCUT2D eigenvalue weighted by Gasteiger charge is 2.23. The summed E-state index contributed by atoms with van der Waals surface area (Å²) in [6.45, 7) is 11.2. The molecular weight excluding hydrogens is 434 g/mol. The molecule has 0 saturated carbocycles. The third-order valence-corrected chi connectivity index (χ3v) is 4.95. The number of rotatable bonds is 5. The van der Waals surface area contributed by atoms with E-state index in [4.69, 9.17) is 9.72 Å². The van der Waals surface area contributed by atoms with Crippen LogP contribution in [-0.4, -0.2) is 33.8 Å². The smallest absolute Gasteiger partial charge is 0.408 e. The van der Waals surface area contributed by atoms with Gasteiger partial charge in [-0.1, -0.05) is 18.2 Å². The van der Waals surface area contributed by atoms with E-state index in [-0.39, 0.29) is 11.6 Å². The van der Waals surface area contributed by atoms with E-state index in [0.29, 0.717) is 34.6 Å². The fourth-order valence-corrected chi connectivity index (χ4v) is 3.56. The number of hydrogen-bond donors (Lipinski definition) is 3. The zero-order chi connectivity index (χ0) is 25.0. The highest BCUT2D eigenvalue weighted by Crippen LogP contribution is 2.22. The van der Waals surface area contributed by atoms with Crippen LogP contribution >= 0.6 is 0 Å². The van der Waals surface area contributed by atoms with Crippen molar-refractivity contribution in [1.29, 1.82) is 0 Å². The second kappa shape index (κ2) is 9.94. The number of benzene rings is 2. The Bertz CT molecular complexity index is 1280. The van der Waals surface area contributed by atoms with Gasteiger partial charge in [-0.15, -0.1) is 0 Å². The van der Waals surface area contributed by atoms with Crippen molar-refractivity contribution in [2.75, 3.05) is 11.9 Å². The van der Waals surface area contributed by atoms with E-state index in [2.05, 4.69) is 16.0 Å². The van der Waals surface area contributed by atoms with Crippen LogP contribution in [0, 0.1) is 6.92 Å². The van der Waals surface area contributed by atoms with Crippen LogP contribution in [0.5, 0.6) is 0 Å². The molecule has 34 heavy (non-hydrogen) atoms. The van der Waals surface area contributed by atoms with Crippen LogP contribution in [0.3, 0.4) is 0 Å². The monoisotopic (exact) mass is 465 g/mol. The van der Waals surface area contributed by atoms with Crippen molar-refractivity contribution in [3.05, 3.63) is 64.2 Å². The molecule has 3 N–H and O–H groups in total. The summed E-state index contributed by atoms with van der Waals surface area (Å²) < 4.78 is 6.84. The van der Waals surface area contributed by atoms with Gasteiger partial charge >= 0.3 is 12.1 Å². The lowest BCUT2D eigenvalue weighted by atomic mass is 10.1. The number of aromatic nitrogens is 2. The Morgan fingerprint density at radius 2 is 1.85 bits per heavy atom. The van der Waals surface area contributed by atoms with Crippen molar-refractivity contribution < 1.29 is 14.3 Å². The molecule has 1 heterocycles. The summed E-state index contributed by atoms with van der Waals surface area (Å²) in [6.07, 6.45) is -0.614. The van der Waals surface area contributed by atoms with Gasteiger partial charge in [0.25, 0.3) is 5.56 Å². The van der Waals surface area contributed by atoms with Crippen LogP contribution in [0.1, 0.15) is 52.0 Å². The fourth-order valence-electron chi connectivity index (χ4n) is 3.56. The summed E-state index contributed by atoms with van der Waals surface area (Å²) in [7, 11) is 0. The number of anilines is 1. The quantitative estimate of drug-likeness (QED) is 0.516. The second-order valence-electron chi connectivity index (χ2n) is 8.98. The molecule has 9 nitrogen and oxygen atoms in total. The molecule has 0 aliphatic heterocycles. The number of fused-ring (bicyclic) bond motifs is 1. The molecule has 3 aromatic rings. The number of carbonyl (C=O) groups is 2. The van der Waals surface area contributed by atoms with Gasteiger partial charge < -0.3 is 20.7 Å². The van der Waals surface area contributed by atoms with E-state index >= 15 is 0 Å². The average molecular weight is 466 g/mol. The van der Waals surface area contributed by atoms with Gasteiger partial charge in [0.1, 0.15) is 11.4 Å². The van der Waals surface area contributed by atoms with Crippen molar-refractivity contribution in [2.24, 2.45) is 0 Å². The molecule has 0 fully saturated rings. The molecule has 0 aliphatic rings. The number of carbonyl (C=O) groups excluding carboxylic acids is 2. The third kappa shape index (κ3) is 5.72. The van der Waals surface area contributed by atoms with Gasteiger partial charge in [0.05, 0.1) is 22.6 Å². The summed E-state index contributed by atoms with van der Waals surface area (Å²) in [4.78, 5) is 42.9. The van der Waals surface area contributed by atoms with E-state index in [0.717, 1.165) is 5.56 Å². The number of nitrogens with one attached hydrogen (secondary N) is 3. The SMILES string of the molecule is CCNC(=O)Nc1cccc(-n2c([C@H](C)NC(=O)OC(C)(C)C)nc3cccc(C)c3c2=O)c1. The Morgan fingerprint density at radius 1 is 1.15 bits per heavy atom. The Morgan fingerprint density at radius 3 is 2.53 bits per heavy atom. The van der Waals surface area contributed by atoms with Gasteiger partial charge in [-0.2, -0.15) is 0 Å². The summed E-state index contributed by atoms with van der Waals surface area (Å²) >= 11 is 0. The largest absolute Gasteiger partial charge is 0.444 e. The molecule has 180 valence electrons. The third-order valence-electron chi connectivity index (χ3n) is 4.95. The summed E-state index contributed by atoms with van der Waals surface area (Å²) in [5.74, 6) is 0.337. The molecule has 0 radical (unpaired) electrons. The zero-order valence-corrected chi connectivity index (χ0v) is 20.4. The molecule has 0 aliphatic carbocycles. The number of ether oxygens (including phenoxy) is 1. The summed E-state index contributed by atoms with van der Waals surface area (Å²) in [5, 5.41) is 8.68. The number of nitrogens with zero attached hydrogens (tertiary/aromatic N) is 2. The van der Waals surface area contributed by atoms with Crippen molar-refractivity contribution in [3.8, 4) is 5.69 Å². The first-order valence-electron chi connectivity index (χ1n) is 11.2. The van der Waals surface area contributed by atoms with Gasteiger partial charge in [-0.25, -0.2) is 14.6 Å². The van der Waals surface area contributed by atoms with Gasteiger partial charge in [0.15, 0.2) is 0 Å². The molecule has 0 spiro atoms. The lowest BCUT2D eigenvalue weighted by Crippen LogP contribution is -2.37. The topological polar surface area (TPSA) is 114 Å². The first-order valence-corrected chi connectivity index (χ1v) is 11.2. The molecule has 1 aromatic heterocycles. The van der Waals surface area contributed by atoms with E-state index in [1.165, 1.54) is 4.57 Å². The predicted octanol–water partition coefficient (Wildman–Crippen LogP) is 4.42. The zero-order valence-electron chi connectivity index (χ0n) is 20.4. The Hall–Kier alpha value is -3.88. The van der Waals surface area contributed by atoms with Crippen molar-refractivity contribution in [2.45, 2.75) is 53.2 Å². The average Bonchev–Trinajstić information content (AvgIpc) is 2.72. The van der Waals surface area contributed by atoms with E-state index in [1.54, 1.807) is 58.0 Å². The van der Waals surface area contributed by atoms with Gasteiger partial charge in [-0.05, 0) is 71.4 Å². The predicted molar refractivity (Wildman–Crippen MR) is 133 cm³/mol. The van der Waals surface area contributed by atoms with E-state index in [9.17, 15) is 14.4 Å². The number of alkyl carbamates (subject to hydrolysis) is 1. The van der Waals surface area contributed by atoms with Crippen LogP contribution in [-0.2, 0) is 4.74 Å². The Labute approximate surface area is 198 Å². The maximum absolute atomic E-state index is 13.7. The number of hydrogen-bond acceptors (Lipinski definition) is 5. The summed E-state index contributed by atoms with van der Waals surface area (Å²) in [6, 6.07) is 11.4. The molecule has 0 bridgehead atoms. The van der Waals surface area contributed by atoms with Crippen LogP contribution < -0.4 is 21.5 Å². The van der Waals surface area contributed by atoms with Crippen LogP contribution in [0.25, 0.3) is 16.6 Å². The lowest BCUT2D eigenvalue weighted by Gasteiger charge is -2.23. The number of amides is 3. The highest BCUT2D eigenvalue weighted by atomic mass is 16.6. The standard InChI is InChI=1S/C25H31N5O4/c1-7-26-23(32)28-17-11-9-12-18(14-17)30-21(16(3)27-24(33)34-25(4,5)6)29-19-13-8-10-15(2)20(19)22(30)31/h8-14,16H,7H2,1-6H3,(H,27,33)(H2,26,28,32)/t16-/m0/s1. The maximum Gasteiger partial charge on any atom is 0.408 e. The molecule has 3 rings (SSSR count). The van der Waals surface area contributed by atoms with Gasteiger partial charge in [0.2, 0.25) is 0 Å².